The van der Waals surface area contributed by atoms with Crippen LogP contribution in [0.1, 0.15) is 55.5 Å². The van der Waals surface area contributed by atoms with E-state index >= 15 is 0 Å². The van der Waals surface area contributed by atoms with E-state index in [0.29, 0.717) is 44.2 Å². The Hall–Kier alpha value is -3.09. The van der Waals surface area contributed by atoms with E-state index in [-0.39, 0.29) is 11.9 Å². The topological polar surface area (TPSA) is 72.0 Å². The summed E-state index contributed by atoms with van der Waals surface area (Å²) in [5.74, 6) is 1.83. The number of anilines is 1. The van der Waals surface area contributed by atoms with Gasteiger partial charge in [0.05, 0.1) is 25.2 Å². The largest absolute Gasteiger partial charge is 0.493 e. The average Bonchev–Trinajstić information content (AvgIpc) is 3.06. The first kappa shape index (κ1) is 23.6. The third kappa shape index (κ3) is 6.45. The molecule has 0 saturated carbocycles. The van der Waals surface area contributed by atoms with Crippen LogP contribution >= 0.6 is 0 Å². The lowest BCUT2D eigenvalue weighted by molar-refractivity contribution is -0.131. The zero-order valence-corrected chi connectivity index (χ0v) is 19.3. The highest BCUT2D eigenvalue weighted by atomic mass is 16.5. The Labute approximate surface area is 190 Å². The molecule has 0 radical (unpaired) electrons. The van der Waals surface area contributed by atoms with E-state index in [2.05, 4.69) is 35.9 Å². The molecule has 0 atom stereocenters. The van der Waals surface area contributed by atoms with Gasteiger partial charge in [0.1, 0.15) is 11.6 Å². The molecule has 0 N–H and O–H groups in total. The van der Waals surface area contributed by atoms with E-state index < -0.39 is 0 Å². The number of aromatic nitrogens is 1. The molecule has 2 aromatic rings. The summed E-state index contributed by atoms with van der Waals surface area (Å²) < 4.78 is 10.8. The van der Waals surface area contributed by atoms with Crippen LogP contribution in [0.2, 0.25) is 0 Å². The Morgan fingerprint density at radius 3 is 2.47 bits per heavy atom. The molecule has 3 rings (SSSR count). The molecule has 172 valence electrons. The van der Waals surface area contributed by atoms with Gasteiger partial charge in [0.2, 0.25) is 5.91 Å². The molecule has 32 heavy (non-hydrogen) atoms. The number of rotatable bonds is 8. The summed E-state index contributed by atoms with van der Waals surface area (Å²) in [4.78, 5) is 32.9. The molecule has 1 fully saturated rings. The van der Waals surface area contributed by atoms with Crippen molar-refractivity contribution in [3.63, 3.8) is 0 Å². The van der Waals surface area contributed by atoms with Gasteiger partial charge in [0, 0.05) is 32.4 Å². The monoisotopic (exact) mass is 439 g/mol. The van der Waals surface area contributed by atoms with Crippen molar-refractivity contribution in [1.29, 1.82) is 0 Å². The van der Waals surface area contributed by atoms with E-state index in [1.807, 2.05) is 23.1 Å². The molecule has 2 heterocycles. The molecule has 1 aromatic carbocycles. The number of ether oxygens (including phenoxy) is 2. The summed E-state index contributed by atoms with van der Waals surface area (Å²) in [6.07, 6.45) is 2.77. The molecular formula is C25H33N3O4. The maximum atomic E-state index is 12.7. The summed E-state index contributed by atoms with van der Waals surface area (Å²) in [5.41, 5.74) is 1.72. The summed E-state index contributed by atoms with van der Waals surface area (Å²) >= 11 is 0. The number of nitrogens with zero attached hydrogens (tertiary/aromatic N) is 3. The average molecular weight is 440 g/mol. The first-order valence-electron chi connectivity index (χ1n) is 11.4. The third-order valence-electron chi connectivity index (χ3n) is 5.56. The quantitative estimate of drug-likeness (QED) is 0.581. The SMILES string of the molecule is CCOC(=O)c1ccc(N2CCCN(C(=O)CCOc3ccc(C(C)C)cc3)CC2)nc1. The first-order chi connectivity index (χ1) is 15.5. The Morgan fingerprint density at radius 1 is 1.03 bits per heavy atom. The van der Waals surface area contributed by atoms with Gasteiger partial charge in [-0.05, 0) is 49.1 Å². The fraction of sp³-hybridized carbons (Fsp3) is 0.480. The van der Waals surface area contributed by atoms with E-state index in [4.69, 9.17) is 9.47 Å². The second-order valence-electron chi connectivity index (χ2n) is 8.17. The molecule has 0 bridgehead atoms. The van der Waals surface area contributed by atoms with Crippen molar-refractivity contribution in [2.24, 2.45) is 0 Å². The molecule has 0 aliphatic carbocycles. The summed E-state index contributed by atoms with van der Waals surface area (Å²) in [5, 5.41) is 0. The van der Waals surface area contributed by atoms with Crippen LogP contribution in [-0.4, -0.2) is 61.2 Å². The first-order valence-corrected chi connectivity index (χ1v) is 11.4. The predicted molar refractivity (Wildman–Crippen MR) is 124 cm³/mol. The number of hydrogen-bond donors (Lipinski definition) is 0. The fourth-order valence-corrected chi connectivity index (χ4v) is 3.67. The van der Waals surface area contributed by atoms with E-state index in [9.17, 15) is 9.59 Å². The van der Waals surface area contributed by atoms with Crippen molar-refractivity contribution in [3.8, 4) is 5.75 Å². The Kier molecular flexibility index (Phi) is 8.48. The molecule has 7 nitrogen and oxygen atoms in total. The summed E-state index contributed by atoms with van der Waals surface area (Å²) in [6, 6.07) is 11.6. The predicted octanol–water partition coefficient (Wildman–Crippen LogP) is 3.89. The lowest BCUT2D eigenvalue weighted by Crippen LogP contribution is -2.36. The highest BCUT2D eigenvalue weighted by Crippen LogP contribution is 2.19. The van der Waals surface area contributed by atoms with Crippen LogP contribution in [0.5, 0.6) is 5.75 Å². The normalized spacial score (nSPS) is 14.2. The Bertz CT molecular complexity index is 881. The van der Waals surface area contributed by atoms with Crippen LogP contribution < -0.4 is 9.64 Å². The van der Waals surface area contributed by atoms with Crippen molar-refractivity contribution in [3.05, 3.63) is 53.7 Å². The molecule has 1 aliphatic rings. The zero-order chi connectivity index (χ0) is 22.9. The number of carbonyl (C=O) groups is 2. The molecule has 0 spiro atoms. The lowest BCUT2D eigenvalue weighted by Gasteiger charge is -2.23. The highest BCUT2D eigenvalue weighted by molar-refractivity contribution is 5.89. The molecule has 1 aromatic heterocycles. The van der Waals surface area contributed by atoms with Crippen molar-refractivity contribution in [2.45, 2.75) is 39.5 Å². The molecular weight excluding hydrogens is 406 g/mol. The van der Waals surface area contributed by atoms with Crippen LogP contribution in [0.3, 0.4) is 0 Å². The molecule has 1 saturated heterocycles. The van der Waals surface area contributed by atoms with Gasteiger partial charge < -0.3 is 19.3 Å². The number of benzene rings is 1. The number of pyridine rings is 1. The maximum Gasteiger partial charge on any atom is 0.339 e. The number of amides is 1. The van der Waals surface area contributed by atoms with Crippen LogP contribution in [0.15, 0.2) is 42.6 Å². The van der Waals surface area contributed by atoms with Gasteiger partial charge in [-0.3, -0.25) is 4.79 Å². The highest BCUT2D eigenvalue weighted by Gasteiger charge is 2.20. The van der Waals surface area contributed by atoms with Crippen LogP contribution in [0.4, 0.5) is 5.82 Å². The van der Waals surface area contributed by atoms with Gasteiger partial charge in [0.15, 0.2) is 0 Å². The van der Waals surface area contributed by atoms with E-state index in [1.165, 1.54) is 5.56 Å². The molecule has 0 unspecified atom stereocenters. The minimum atomic E-state index is -0.364. The second-order valence-corrected chi connectivity index (χ2v) is 8.17. The standard InChI is InChI=1S/C25H33N3O4/c1-4-31-25(30)21-8-11-23(26-18-21)27-13-5-14-28(16-15-27)24(29)12-17-32-22-9-6-20(7-10-22)19(2)3/h6-11,18-19H,4-5,12-17H2,1-3H3. The van der Waals surface area contributed by atoms with E-state index in [1.54, 1.807) is 19.2 Å². The van der Waals surface area contributed by atoms with Crippen LogP contribution in [-0.2, 0) is 9.53 Å². The van der Waals surface area contributed by atoms with Crippen molar-refractivity contribution in [1.82, 2.24) is 9.88 Å². The minimum absolute atomic E-state index is 0.108. The lowest BCUT2D eigenvalue weighted by atomic mass is 10.0. The third-order valence-corrected chi connectivity index (χ3v) is 5.56. The zero-order valence-electron chi connectivity index (χ0n) is 19.3. The van der Waals surface area contributed by atoms with E-state index in [0.717, 1.165) is 31.1 Å². The summed E-state index contributed by atoms with van der Waals surface area (Å²) in [7, 11) is 0. The van der Waals surface area contributed by atoms with Crippen LogP contribution in [0, 0.1) is 0 Å². The van der Waals surface area contributed by atoms with Gasteiger partial charge in [-0.15, -0.1) is 0 Å². The molecule has 7 heteroatoms. The minimum Gasteiger partial charge on any atom is -0.493 e. The Morgan fingerprint density at radius 2 is 1.81 bits per heavy atom. The van der Waals surface area contributed by atoms with Crippen LogP contribution in [0.25, 0.3) is 0 Å². The molecule has 1 aliphatic heterocycles. The maximum absolute atomic E-state index is 12.7. The van der Waals surface area contributed by atoms with Gasteiger partial charge >= 0.3 is 5.97 Å². The van der Waals surface area contributed by atoms with Gasteiger partial charge in [-0.25, -0.2) is 9.78 Å². The van der Waals surface area contributed by atoms with Crippen molar-refractivity contribution < 1.29 is 19.1 Å². The smallest absolute Gasteiger partial charge is 0.339 e. The fourth-order valence-electron chi connectivity index (χ4n) is 3.67. The summed E-state index contributed by atoms with van der Waals surface area (Å²) in [6.45, 7) is 9.69. The number of carbonyl (C=O) groups excluding carboxylic acids is 2. The van der Waals surface area contributed by atoms with Crippen molar-refractivity contribution >= 4 is 17.7 Å². The second kappa shape index (κ2) is 11.5. The van der Waals surface area contributed by atoms with Gasteiger partial charge in [-0.1, -0.05) is 26.0 Å². The van der Waals surface area contributed by atoms with Gasteiger partial charge in [-0.2, -0.15) is 0 Å². The Balaban J connectivity index is 1.46. The number of hydrogen-bond acceptors (Lipinski definition) is 6. The molecule has 1 amide bonds. The van der Waals surface area contributed by atoms with Gasteiger partial charge in [0.25, 0.3) is 0 Å². The van der Waals surface area contributed by atoms with Crippen molar-refractivity contribution in [2.75, 3.05) is 44.3 Å². The number of esters is 1.